The fourth-order valence-electron chi connectivity index (χ4n) is 3.68. The number of aromatic nitrogens is 2. The van der Waals surface area contributed by atoms with Crippen molar-refractivity contribution in [2.45, 2.75) is 26.7 Å². The smallest absolute Gasteiger partial charge is 0.178 e. The Labute approximate surface area is 170 Å². The number of carbonyl (C=O) groups is 1. The molecule has 1 aromatic heterocycles. The third-order valence-corrected chi connectivity index (χ3v) is 5.72. The van der Waals surface area contributed by atoms with Crippen molar-refractivity contribution in [3.05, 3.63) is 59.2 Å². The molecule has 0 radical (unpaired) electrons. The van der Waals surface area contributed by atoms with Crippen molar-refractivity contribution < 1.29 is 4.79 Å². The third kappa shape index (κ3) is 3.83. The predicted molar refractivity (Wildman–Crippen MR) is 115 cm³/mol. The highest BCUT2D eigenvalue weighted by Gasteiger charge is 2.18. The van der Waals surface area contributed by atoms with Gasteiger partial charge in [0.2, 0.25) is 0 Å². The molecule has 2 aromatic carbocycles. The number of hydrogen-bond acceptors (Lipinski definition) is 3. The van der Waals surface area contributed by atoms with Crippen molar-refractivity contribution in [3.8, 4) is 22.6 Å². The summed E-state index contributed by atoms with van der Waals surface area (Å²) in [6.45, 7) is 6.09. The van der Waals surface area contributed by atoms with Crippen LogP contribution in [0.5, 0.6) is 0 Å². The van der Waals surface area contributed by atoms with Crippen LogP contribution in [-0.4, -0.2) is 28.8 Å². The summed E-state index contributed by atoms with van der Waals surface area (Å²) in [5.41, 5.74) is 4.26. The molecule has 0 atom stereocenters. The highest BCUT2D eigenvalue weighted by molar-refractivity contribution is 6.30. The van der Waals surface area contributed by atoms with Gasteiger partial charge in [-0.05, 0) is 55.2 Å². The molecule has 1 aliphatic rings. The van der Waals surface area contributed by atoms with Gasteiger partial charge >= 0.3 is 0 Å². The number of rotatable bonds is 4. The highest BCUT2D eigenvalue weighted by Crippen LogP contribution is 2.29. The summed E-state index contributed by atoms with van der Waals surface area (Å²) in [6.07, 6.45) is 2.48. The Morgan fingerprint density at radius 2 is 1.64 bits per heavy atom. The van der Waals surface area contributed by atoms with Crippen LogP contribution in [0.25, 0.3) is 22.6 Å². The minimum Gasteiger partial charge on any atom is -0.372 e. The van der Waals surface area contributed by atoms with Gasteiger partial charge < -0.3 is 9.88 Å². The summed E-state index contributed by atoms with van der Waals surface area (Å²) in [4.78, 5) is 22.5. The number of hydrogen-bond donors (Lipinski definition) is 1. The zero-order valence-electron chi connectivity index (χ0n) is 16.2. The van der Waals surface area contributed by atoms with Crippen LogP contribution in [0.3, 0.4) is 0 Å². The fraction of sp³-hybridized carbons (Fsp3) is 0.304. The van der Waals surface area contributed by atoms with E-state index in [1.165, 1.54) is 18.5 Å². The van der Waals surface area contributed by atoms with Crippen LogP contribution >= 0.6 is 11.6 Å². The average Bonchev–Trinajstić information content (AvgIpc) is 3.15. The van der Waals surface area contributed by atoms with Gasteiger partial charge in [-0.2, -0.15) is 0 Å². The summed E-state index contributed by atoms with van der Waals surface area (Å²) >= 11 is 5.99. The molecule has 1 saturated heterocycles. The maximum atomic E-state index is 12.1. The largest absolute Gasteiger partial charge is 0.372 e. The van der Waals surface area contributed by atoms with Crippen LogP contribution in [0.1, 0.15) is 37.2 Å². The Morgan fingerprint density at radius 3 is 2.25 bits per heavy atom. The van der Waals surface area contributed by atoms with Crippen LogP contribution < -0.4 is 4.90 Å². The first-order valence-electron chi connectivity index (χ1n) is 9.73. The number of carbonyl (C=O) groups excluding carboxylic acids is 1. The topological polar surface area (TPSA) is 49.0 Å². The number of piperidine rings is 1. The Kier molecular flexibility index (Phi) is 5.23. The second kappa shape index (κ2) is 7.80. The van der Waals surface area contributed by atoms with E-state index in [0.717, 1.165) is 30.1 Å². The molecule has 1 aliphatic heterocycles. The lowest BCUT2D eigenvalue weighted by Gasteiger charge is -2.32. The van der Waals surface area contributed by atoms with Gasteiger partial charge in [0.1, 0.15) is 11.5 Å². The highest BCUT2D eigenvalue weighted by atomic mass is 35.5. The molecule has 1 fully saturated rings. The van der Waals surface area contributed by atoms with Crippen molar-refractivity contribution in [1.82, 2.24) is 9.97 Å². The summed E-state index contributed by atoms with van der Waals surface area (Å²) in [5, 5.41) is 0.659. The minimum atomic E-state index is -0.0391. The minimum absolute atomic E-state index is 0.0391. The van der Waals surface area contributed by atoms with E-state index in [-0.39, 0.29) is 5.78 Å². The number of H-pyrrole nitrogens is 1. The first-order chi connectivity index (χ1) is 13.5. The van der Waals surface area contributed by atoms with Gasteiger partial charge in [0.25, 0.3) is 0 Å². The third-order valence-electron chi connectivity index (χ3n) is 5.46. The van der Waals surface area contributed by atoms with Crippen molar-refractivity contribution in [1.29, 1.82) is 0 Å². The normalized spacial score (nSPS) is 15.0. The van der Waals surface area contributed by atoms with E-state index in [2.05, 4.69) is 41.1 Å². The molecule has 0 saturated carbocycles. The van der Waals surface area contributed by atoms with E-state index in [0.29, 0.717) is 22.2 Å². The van der Waals surface area contributed by atoms with Gasteiger partial charge in [-0.3, -0.25) is 4.79 Å². The molecule has 0 amide bonds. The molecule has 4 rings (SSSR count). The number of ketones is 1. The SMILES string of the molecule is CC(=O)c1[nH]c(-c2ccc(N3CCC(C)CC3)cc2)nc1-c1ccc(Cl)cc1. The van der Waals surface area contributed by atoms with Gasteiger partial charge in [0.15, 0.2) is 5.78 Å². The van der Waals surface area contributed by atoms with E-state index in [9.17, 15) is 4.79 Å². The van der Waals surface area contributed by atoms with Gasteiger partial charge in [-0.15, -0.1) is 0 Å². The van der Waals surface area contributed by atoms with Gasteiger partial charge in [0.05, 0.1) is 5.69 Å². The van der Waals surface area contributed by atoms with Gasteiger partial charge in [0, 0.05) is 41.9 Å². The van der Waals surface area contributed by atoms with Crippen molar-refractivity contribution in [3.63, 3.8) is 0 Å². The van der Waals surface area contributed by atoms with E-state index in [4.69, 9.17) is 16.6 Å². The molecule has 144 valence electrons. The molecule has 0 unspecified atom stereocenters. The van der Waals surface area contributed by atoms with Crippen LogP contribution in [-0.2, 0) is 0 Å². The summed E-state index contributed by atoms with van der Waals surface area (Å²) in [5.74, 6) is 1.48. The summed E-state index contributed by atoms with van der Waals surface area (Å²) < 4.78 is 0. The molecule has 0 aliphatic carbocycles. The standard InChI is InChI=1S/C23H24ClN3O/c1-15-11-13-27(14-12-15)20-9-5-18(6-10-20)23-25-21(16(2)28)22(26-23)17-3-7-19(24)8-4-17/h3-10,15H,11-14H2,1-2H3,(H,25,26). The number of imidazole rings is 1. The lowest BCUT2D eigenvalue weighted by atomic mass is 9.98. The predicted octanol–water partition coefficient (Wildman–Crippen LogP) is 5.84. The second-order valence-electron chi connectivity index (χ2n) is 7.59. The zero-order valence-corrected chi connectivity index (χ0v) is 17.0. The number of nitrogens with one attached hydrogen (secondary N) is 1. The Bertz CT molecular complexity index is 968. The molecular weight excluding hydrogens is 370 g/mol. The first-order valence-corrected chi connectivity index (χ1v) is 10.1. The number of nitrogens with zero attached hydrogens (tertiary/aromatic N) is 2. The van der Waals surface area contributed by atoms with Crippen molar-refractivity contribution in [2.24, 2.45) is 5.92 Å². The Morgan fingerprint density at radius 1 is 1.04 bits per heavy atom. The maximum Gasteiger partial charge on any atom is 0.178 e. The quantitative estimate of drug-likeness (QED) is 0.567. The number of anilines is 1. The second-order valence-corrected chi connectivity index (χ2v) is 8.02. The molecule has 4 nitrogen and oxygen atoms in total. The fourth-order valence-corrected chi connectivity index (χ4v) is 3.80. The van der Waals surface area contributed by atoms with Gasteiger partial charge in [-0.1, -0.05) is 30.7 Å². The Hall–Kier alpha value is -2.59. The number of halogens is 1. The van der Waals surface area contributed by atoms with Gasteiger partial charge in [-0.25, -0.2) is 4.98 Å². The lowest BCUT2D eigenvalue weighted by Crippen LogP contribution is -2.32. The average molecular weight is 394 g/mol. The van der Waals surface area contributed by atoms with E-state index >= 15 is 0 Å². The van der Waals surface area contributed by atoms with Crippen molar-refractivity contribution in [2.75, 3.05) is 18.0 Å². The van der Waals surface area contributed by atoms with E-state index in [1.54, 1.807) is 6.92 Å². The van der Waals surface area contributed by atoms with Crippen LogP contribution in [0.2, 0.25) is 5.02 Å². The molecule has 28 heavy (non-hydrogen) atoms. The molecular formula is C23H24ClN3O. The summed E-state index contributed by atoms with van der Waals surface area (Å²) in [7, 11) is 0. The zero-order chi connectivity index (χ0) is 19.7. The maximum absolute atomic E-state index is 12.1. The molecule has 0 spiro atoms. The number of Topliss-reactive ketones (excluding diaryl/α,β-unsaturated/α-hetero) is 1. The molecule has 3 aromatic rings. The van der Waals surface area contributed by atoms with Crippen LogP contribution in [0.15, 0.2) is 48.5 Å². The number of benzene rings is 2. The van der Waals surface area contributed by atoms with E-state index in [1.807, 2.05) is 24.3 Å². The molecule has 1 N–H and O–H groups in total. The lowest BCUT2D eigenvalue weighted by molar-refractivity contribution is 0.101. The number of aromatic amines is 1. The van der Waals surface area contributed by atoms with E-state index < -0.39 is 0 Å². The summed E-state index contributed by atoms with van der Waals surface area (Å²) in [6, 6.07) is 15.8. The van der Waals surface area contributed by atoms with Crippen molar-refractivity contribution >= 4 is 23.1 Å². The molecule has 5 heteroatoms. The van der Waals surface area contributed by atoms with Crippen LogP contribution in [0, 0.1) is 5.92 Å². The molecule has 0 bridgehead atoms. The monoisotopic (exact) mass is 393 g/mol. The Balaban J connectivity index is 1.63. The molecule has 2 heterocycles. The first kappa shape index (κ1) is 18.8. The van der Waals surface area contributed by atoms with Crippen LogP contribution in [0.4, 0.5) is 5.69 Å².